The molecule has 1 fully saturated rings. The van der Waals surface area contributed by atoms with Crippen LogP contribution in [0.4, 0.5) is 5.82 Å². The number of aliphatic hydroxyl groups excluding tert-OH is 1. The number of carbonyl (C=O) groups is 1. The molecule has 5 N–H and O–H groups in total. The minimum atomic E-state index is -0.446. The SMILES string of the molecule is Nc1cc(C(=O)N[C@H]2CCCC[C@@H]2O)[nH]n1. The summed E-state index contributed by atoms with van der Waals surface area (Å²) in [5.41, 5.74) is 5.73. The first-order valence-electron chi connectivity index (χ1n) is 5.46. The fourth-order valence-corrected chi connectivity index (χ4v) is 1.98. The third-order valence-electron chi connectivity index (χ3n) is 2.89. The summed E-state index contributed by atoms with van der Waals surface area (Å²) in [4.78, 5) is 11.7. The molecule has 0 spiro atoms. The molecule has 2 rings (SSSR count). The topological polar surface area (TPSA) is 104 Å². The molecule has 1 saturated carbocycles. The maximum atomic E-state index is 11.7. The third kappa shape index (κ3) is 2.33. The lowest BCUT2D eigenvalue weighted by molar-refractivity contribution is 0.0714. The zero-order valence-corrected chi connectivity index (χ0v) is 8.94. The molecule has 0 saturated heterocycles. The normalized spacial score (nSPS) is 25.3. The number of aromatic amines is 1. The van der Waals surface area contributed by atoms with E-state index in [1.807, 2.05) is 0 Å². The van der Waals surface area contributed by atoms with Gasteiger partial charge in [-0.05, 0) is 12.8 Å². The Balaban J connectivity index is 1.96. The van der Waals surface area contributed by atoms with Crippen LogP contribution in [0.25, 0.3) is 0 Å². The summed E-state index contributed by atoms with van der Waals surface area (Å²) in [6.45, 7) is 0. The molecule has 1 aliphatic rings. The summed E-state index contributed by atoms with van der Waals surface area (Å²) in [6.07, 6.45) is 3.17. The molecule has 1 heterocycles. The molecule has 1 aromatic heterocycles. The van der Waals surface area contributed by atoms with Crippen LogP contribution in [0.15, 0.2) is 6.07 Å². The highest BCUT2D eigenvalue weighted by Crippen LogP contribution is 2.18. The van der Waals surface area contributed by atoms with Crippen molar-refractivity contribution in [1.29, 1.82) is 0 Å². The fourth-order valence-electron chi connectivity index (χ4n) is 1.98. The fraction of sp³-hybridized carbons (Fsp3) is 0.600. The summed E-state index contributed by atoms with van der Waals surface area (Å²) in [6, 6.07) is 1.32. The summed E-state index contributed by atoms with van der Waals surface area (Å²) in [5.74, 6) is 0.0180. The molecule has 1 amide bonds. The Morgan fingerprint density at radius 1 is 1.56 bits per heavy atom. The molecule has 88 valence electrons. The van der Waals surface area contributed by atoms with Gasteiger partial charge < -0.3 is 16.2 Å². The minimum absolute atomic E-state index is 0.161. The van der Waals surface area contributed by atoms with Crippen molar-refractivity contribution < 1.29 is 9.90 Å². The second-order valence-electron chi connectivity index (χ2n) is 4.14. The molecule has 0 aliphatic heterocycles. The molecule has 16 heavy (non-hydrogen) atoms. The number of anilines is 1. The monoisotopic (exact) mass is 224 g/mol. The van der Waals surface area contributed by atoms with Gasteiger partial charge in [0, 0.05) is 6.07 Å². The van der Waals surface area contributed by atoms with E-state index >= 15 is 0 Å². The number of nitrogens with two attached hydrogens (primary N) is 1. The molecule has 1 aromatic rings. The van der Waals surface area contributed by atoms with Gasteiger partial charge in [0.25, 0.3) is 5.91 Å². The molecule has 6 heteroatoms. The van der Waals surface area contributed by atoms with Gasteiger partial charge in [-0.2, -0.15) is 5.10 Å². The number of carbonyl (C=O) groups excluding carboxylic acids is 1. The average molecular weight is 224 g/mol. The van der Waals surface area contributed by atoms with E-state index in [0.717, 1.165) is 25.7 Å². The van der Waals surface area contributed by atoms with Crippen molar-refractivity contribution in [3.63, 3.8) is 0 Å². The highest BCUT2D eigenvalue weighted by atomic mass is 16.3. The van der Waals surface area contributed by atoms with Crippen LogP contribution in [0, 0.1) is 0 Å². The Bertz CT molecular complexity index is 377. The van der Waals surface area contributed by atoms with Crippen LogP contribution in [0.3, 0.4) is 0 Å². The number of hydrogen-bond donors (Lipinski definition) is 4. The standard InChI is InChI=1S/C10H16N4O2/c11-9-5-7(13-14-9)10(16)12-6-3-1-2-4-8(6)15/h5-6,8,15H,1-4H2,(H,12,16)(H3,11,13,14)/t6-,8-/m0/s1. The van der Waals surface area contributed by atoms with Crippen molar-refractivity contribution in [2.45, 2.75) is 37.8 Å². The van der Waals surface area contributed by atoms with Crippen LogP contribution in [-0.4, -0.2) is 33.4 Å². The zero-order chi connectivity index (χ0) is 11.5. The van der Waals surface area contributed by atoms with Gasteiger partial charge in [0.2, 0.25) is 0 Å². The van der Waals surface area contributed by atoms with E-state index < -0.39 is 6.10 Å². The van der Waals surface area contributed by atoms with Crippen molar-refractivity contribution in [3.8, 4) is 0 Å². The molecular formula is C10H16N4O2. The first-order chi connectivity index (χ1) is 7.66. The van der Waals surface area contributed by atoms with Gasteiger partial charge in [0.15, 0.2) is 0 Å². The zero-order valence-electron chi connectivity index (χ0n) is 8.94. The number of H-pyrrole nitrogens is 1. The first kappa shape index (κ1) is 10.9. The number of nitrogens with one attached hydrogen (secondary N) is 2. The number of hydrogen-bond acceptors (Lipinski definition) is 4. The average Bonchev–Trinajstić information content (AvgIpc) is 2.68. The second-order valence-corrected chi connectivity index (χ2v) is 4.14. The maximum Gasteiger partial charge on any atom is 0.269 e. The van der Waals surface area contributed by atoms with Gasteiger partial charge in [0.1, 0.15) is 11.5 Å². The van der Waals surface area contributed by atoms with Crippen LogP contribution in [0.2, 0.25) is 0 Å². The molecular weight excluding hydrogens is 208 g/mol. The van der Waals surface area contributed by atoms with Crippen LogP contribution >= 0.6 is 0 Å². The highest BCUT2D eigenvalue weighted by Gasteiger charge is 2.25. The Kier molecular flexibility index (Phi) is 3.09. The van der Waals surface area contributed by atoms with Crippen molar-refractivity contribution in [2.24, 2.45) is 0 Å². The molecule has 1 aliphatic carbocycles. The van der Waals surface area contributed by atoms with Gasteiger partial charge in [-0.1, -0.05) is 12.8 Å². The molecule has 6 nitrogen and oxygen atoms in total. The maximum absolute atomic E-state index is 11.7. The molecule has 0 radical (unpaired) electrons. The van der Waals surface area contributed by atoms with Crippen LogP contribution in [-0.2, 0) is 0 Å². The number of nitrogen functional groups attached to an aromatic ring is 1. The number of aliphatic hydroxyl groups is 1. The second kappa shape index (κ2) is 4.52. The van der Waals surface area contributed by atoms with E-state index in [0.29, 0.717) is 5.69 Å². The van der Waals surface area contributed by atoms with Crippen molar-refractivity contribution in [3.05, 3.63) is 11.8 Å². The predicted octanol–water partition coefficient (Wildman–Crippen LogP) is 0.0252. The predicted molar refractivity (Wildman–Crippen MR) is 58.7 cm³/mol. The molecule has 2 atom stereocenters. The highest BCUT2D eigenvalue weighted by molar-refractivity contribution is 5.93. The Hall–Kier alpha value is -1.56. The van der Waals surface area contributed by atoms with Crippen LogP contribution in [0.1, 0.15) is 36.2 Å². The van der Waals surface area contributed by atoms with Crippen molar-refractivity contribution in [2.75, 3.05) is 5.73 Å². The Morgan fingerprint density at radius 2 is 2.31 bits per heavy atom. The van der Waals surface area contributed by atoms with Gasteiger partial charge in [-0.25, -0.2) is 0 Å². The molecule has 0 aromatic carbocycles. The van der Waals surface area contributed by atoms with Crippen molar-refractivity contribution in [1.82, 2.24) is 15.5 Å². The first-order valence-corrected chi connectivity index (χ1v) is 5.46. The lowest BCUT2D eigenvalue weighted by Gasteiger charge is -2.28. The largest absolute Gasteiger partial charge is 0.391 e. The van der Waals surface area contributed by atoms with Gasteiger partial charge in [0.05, 0.1) is 12.1 Å². The number of amides is 1. The van der Waals surface area contributed by atoms with E-state index in [-0.39, 0.29) is 17.8 Å². The van der Waals surface area contributed by atoms with E-state index in [1.165, 1.54) is 6.07 Å². The van der Waals surface area contributed by atoms with Crippen LogP contribution in [0.5, 0.6) is 0 Å². The molecule has 0 bridgehead atoms. The van der Waals surface area contributed by atoms with Crippen molar-refractivity contribution >= 4 is 11.7 Å². The Morgan fingerprint density at radius 3 is 2.94 bits per heavy atom. The third-order valence-corrected chi connectivity index (χ3v) is 2.89. The molecule has 0 unspecified atom stereocenters. The van der Waals surface area contributed by atoms with Gasteiger partial charge in [-0.3, -0.25) is 9.89 Å². The summed E-state index contributed by atoms with van der Waals surface area (Å²) in [7, 11) is 0. The lowest BCUT2D eigenvalue weighted by Crippen LogP contribution is -2.45. The summed E-state index contributed by atoms with van der Waals surface area (Å²) in [5, 5.41) is 18.7. The van der Waals surface area contributed by atoms with E-state index in [9.17, 15) is 9.90 Å². The Labute approximate surface area is 93.2 Å². The smallest absolute Gasteiger partial charge is 0.269 e. The van der Waals surface area contributed by atoms with Gasteiger partial charge >= 0.3 is 0 Å². The van der Waals surface area contributed by atoms with E-state index in [4.69, 9.17) is 5.73 Å². The van der Waals surface area contributed by atoms with E-state index in [1.54, 1.807) is 0 Å². The lowest BCUT2D eigenvalue weighted by atomic mass is 9.92. The van der Waals surface area contributed by atoms with Gasteiger partial charge in [-0.15, -0.1) is 0 Å². The van der Waals surface area contributed by atoms with E-state index in [2.05, 4.69) is 15.5 Å². The van der Waals surface area contributed by atoms with Crippen LogP contribution < -0.4 is 11.1 Å². The summed E-state index contributed by atoms with van der Waals surface area (Å²) >= 11 is 0. The summed E-state index contributed by atoms with van der Waals surface area (Å²) < 4.78 is 0. The quantitative estimate of drug-likeness (QED) is 0.568. The minimum Gasteiger partial charge on any atom is -0.391 e. The number of nitrogens with zero attached hydrogens (tertiary/aromatic N) is 1. The number of rotatable bonds is 2. The number of aromatic nitrogens is 2.